The molecule has 5 nitrogen and oxygen atoms in total. The zero-order valence-electron chi connectivity index (χ0n) is 14.0. The molecule has 0 atom stereocenters. The topological polar surface area (TPSA) is 52.1 Å². The van der Waals surface area contributed by atoms with Gasteiger partial charge in [0.2, 0.25) is 0 Å². The summed E-state index contributed by atoms with van der Waals surface area (Å²) >= 11 is 0. The minimum atomic E-state index is 0.731. The molecule has 0 fully saturated rings. The fraction of sp³-hybridized carbons (Fsp3) is 0.211. The quantitative estimate of drug-likeness (QED) is 0.612. The molecule has 0 aliphatic carbocycles. The number of pyridine rings is 1. The SMILES string of the molecule is CCn1cc(-c2cc3cccnc3[nH]2)c2cc(OC)c(OC)cc21. The predicted octanol–water partition coefficient (Wildman–Crippen LogP) is 4.22. The van der Waals surface area contributed by atoms with Crippen molar-refractivity contribution in [3.05, 3.63) is 42.7 Å². The van der Waals surface area contributed by atoms with Gasteiger partial charge in [0.25, 0.3) is 0 Å². The Hall–Kier alpha value is -2.95. The van der Waals surface area contributed by atoms with Gasteiger partial charge in [-0.15, -0.1) is 0 Å². The molecule has 4 aromatic rings. The minimum absolute atomic E-state index is 0.731. The number of ether oxygens (including phenoxy) is 2. The van der Waals surface area contributed by atoms with E-state index in [0.29, 0.717) is 0 Å². The van der Waals surface area contributed by atoms with Crippen LogP contribution < -0.4 is 9.47 Å². The predicted molar refractivity (Wildman–Crippen MR) is 95.8 cm³/mol. The Labute approximate surface area is 139 Å². The van der Waals surface area contributed by atoms with Crippen LogP contribution in [-0.4, -0.2) is 28.8 Å². The highest BCUT2D eigenvalue weighted by Gasteiger charge is 2.16. The van der Waals surface area contributed by atoms with Crippen molar-refractivity contribution in [2.45, 2.75) is 13.5 Å². The molecule has 0 aliphatic rings. The normalized spacial score (nSPS) is 11.3. The fourth-order valence-corrected chi connectivity index (χ4v) is 3.20. The Morgan fingerprint density at radius 2 is 1.92 bits per heavy atom. The Kier molecular flexibility index (Phi) is 3.41. The molecule has 0 unspecified atom stereocenters. The number of benzene rings is 1. The first-order valence-corrected chi connectivity index (χ1v) is 7.94. The third kappa shape index (κ3) is 2.12. The summed E-state index contributed by atoms with van der Waals surface area (Å²) in [5.74, 6) is 1.47. The lowest BCUT2D eigenvalue weighted by Gasteiger charge is -2.09. The van der Waals surface area contributed by atoms with E-state index >= 15 is 0 Å². The average Bonchev–Trinajstić information content (AvgIpc) is 3.20. The number of hydrogen-bond acceptors (Lipinski definition) is 3. The zero-order chi connectivity index (χ0) is 16.7. The number of aryl methyl sites for hydroxylation is 1. The maximum Gasteiger partial charge on any atom is 0.162 e. The summed E-state index contributed by atoms with van der Waals surface area (Å²) < 4.78 is 13.1. The lowest BCUT2D eigenvalue weighted by molar-refractivity contribution is 0.355. The largest absolute Gasteiger partial charge is 0.493 e. The highest BCUT2D eigenvalue weighted by molar-refractivity contribution is 5.99. The molecule has 24 heavy (non-hydrogen) atoms. The van der Waals surface area contributed by atoms with Crippen LogP contribution in [0.4, 0.5) is 0 Å². The first-order valence-electron chi connectivity index (χ1n) is 7.94. The summed E-state index contributed by atoms with van der Waals surface area (Å²) in [6.45, 7) is 3.01. The maximum atomic E-state index is 5.48. The standard InChI is InChI=1S/C19H19N3O2/c1-4-22-11-14(15-8-12-6-5-7-20-19(12)21-15)13-9-17(23-2)18(24-3)10-16(13)22/h5-11H,4H2,1-3H3,(H,20,21). The maximum absolute atomic E-state index is 5.48. The van der Waals surface area contributed by atoms with Crippen molar-refractivity contribution in [3.8, 4) is 22.8 Å². The molecule has 0 saturated carbocycles. The molecule has 4 rings (SSSR count). The number of nitrogens with one attached hydrogen (secondary N) is 1. The molecule has 0 spiro atoms. The van der Waals surface area contributed by atoms with E-state index < -0.39 is 0 Å². The van der Waals surface area contributed by atoms with E-state index in [-0.39, 0.29) is 0 Å². The number of aromatic nitrogens is 3. The molecule has 0 radical (unpaired) electrons. The van der Waals surface area contributed by atoms with E-state index in [9.17, 15) is 0 Å². The van der Waals surface area contributed by atoms with E-state index in [1.54, 1.807) is 20.4 Å². The smallest absolute Gasteiger partial charge is 0.162 e. The monoisotopic (exact) mass is 321 g/mol. The molecule has 5 heteroatoms. The molecule has 0 amide bonds. The van der Waals surface area contributed by atoms with Crippen LogP contribution in [0.15, 0.2) is 42.7 Å². The summed E-state index contributed by atoms with van der Waals surface area (Å²) in [6, 6.07) is 10.2. The first kappa shape index (κ1) is 14.6. The molecule has 1 N–H and O–H groups in total. The molecular formula is C19H19N3O2. The number of H-pyrrole nitrogens is 1. The van der Waals surface area contributed by atoms with Gasteiger partial charge < -0.3 is 19.0 Å². The van der Waals surface area contributed by atoms with Gasteiger partial charge in [0, 0.05) is 47.0 Å². The summed E-state index contributed by atoms with van der Waals surface area (Å²) in [5, 5.41) is 2.23. The first-order chi connectivity index (χ1) is 11.7. The van der Waals surface area contributed by atoms with Crippen LogP contribution in [0, 0.1) is 0 Å². The van der Waals surface area contributed by atoms with Crippen molar-refractivity contribution in [1.29, 1.82) is 0 Å². The van der Waals surface area contributed by atoms with E-state index in [4.69, 9.17) is 9.47 Å². The Bertz CT molecular complexity index is 997. The third-order valence-electron chi connectivity index (χ3n) is 4.41. The summed E-state index contributed by atoms with van der Waals surface area (Å²) in [6.07, 6.45) is 3.96. The fourth-order valence-electron chi connectivity index (χ4n) is 3.20. The highest BCUT2D eigenvalue weighted by atomic mass is 16.5. The van der Waals surface area contributed by atoms with Gasteiger partial charge in [0.15, 0.2) is 11.5 Å². The second-order valence-corrected chi connectivity index (χ2v) is 5.68. The zero-order valence-corrected chi connectivity index (χ0v) is 14.0. The van der Waals surface area contributed by atoms with Crippen molar-refractivity contribution in [2.24, 2.45) is 0 Å². The van der Waals surface area contributed by atoms with Crippen LogP contribution in [0.25, 0.3) is 33.2 Å². The minimum Gasteiger partial charge on any atom is -0.493 e. The van der Waals surface area contributed by atoms with Crippen molar-refractivity contribution < 1.29 is 9.47 Å². The summed E-state index contributed by atoms with van der Waals surface area (Å²) in [4.78, 5) is 7.80. The second kappa shape index (κ2) is 5.60. The van der Waals surface area contributed by atoms with Gasteiger partial charge in [0.05, 0.1) is 19.7 Å². The Balaban J connectivity index is 2.00. The molecule has 0 aliphatic heterocycles. The van der Waals surface area contributed by atoms with E-state index in [1.165, 1.54) is 0 Å². The molecular weight excluding hydrogens is 302 g/mol. The van der Waals surface area contributed by atoms with Gasteiger partial charge in [-0.3, -0.25) is 0 Å². The second-order valence-electron chi connectivity index (χ2n) is 5.68. The molecule has 1 aromatic carbocycles. The van der Waals surface area contributed by atoms with Crippen molar-refractivity contribution in [2.75, 3.05) is 14.2 Å². The lowest BCUT2D eigenvalue weighted by atomic mass is 10.1. The number of fused-ring (bicyclic) bond motifs is 2. The summed E-state index contributed by atoms with van der Waals surface area (Å²) in [5.41, 5.74) is 4.20. The van der Waals surface area contributed by atoms with Crippen molar-refractivity contribution in [3.63, 3.8) is 0 Å². The van der Waals surface area contributed by atoms with Gasteiger partial charge >= 0.3 is 0 Å². The van der Waals surface area contributed by atoms with E-state index in [0.717, 1.165) is 51.2 Å². The number of hydrogen-bond donors (Lipinski definition) is 1. The molecule has 3 aromatic heterocycles. The third-order valence-corrected chi connectivity index (χ3v) is 4.41. The van der Waals surface area contributed by atoms with Crippen LogP contribution in [0.2, 0.25) is 0 Å². The number of rotatable bonds is 4. The average molecular weight is 321 g/mol. The van der Waals surface area contributed by atoms with Gasteiger partial charge in [-0.2, -0.15) is 0 Å². The van der Waals surface area contributed by atoms with Crippen molar-refractivity contribution in [1.82, 2.24) is 14.5 Å². The molecule has 0 saturated heterocycles. The molecule has 3 heterocycles. The molecule has 122 valence electrons. The summed E-state index contributed by atoms with van der Waals surface area (Å²) in [7, 11) is 3.32. The van der Waals surface area contributed by atoms with E-state index in [2.05, 4.69) is 39.8 Å². The van der Waals surface area contributed by atoms with Crippen LogP contribution in [-0.2, 0) is 6.54 Å². The van der Waals surface area contributed by atoms with Crippen LogP contribution in [0.3, 0.4) is 0 Å². The van der Waals surface area contributed by atoms with Crippen molar-refractivity contribution >= 4 is 21.9 Å². The Morgan fingerprint density at radius 1 is 1.12 bits per heavy atom. The van der Waals surface area contributed by atoms with Gasteiger partial charge in [-0.25, -0.2) is 4.98 Å². The Morgan fingerprint density at radius 3 is 2.62 bits per heavy atom. The van der Waals surface area contributed by atoms with Crippen LogP contribution >= 0.6 is 0 Å². The van der Waals surface area contributed by atoms with E-state index in [1.807, 2.05) is 18.2 Å². The lowest BCUT2D eigenvalue weighted by Crippen LogP contribution is -1.93. The van der Waals surface area contributed by atoms with Crippen LogP contribution in [0.5, 0.6) is 11.5 Å². The number of aromatic amines is 1. The highest BCUT2D eigenvalue weighted by Crippen LogP contribution is 2.38. The number of methoxy groups -OCH3 is 2. The van der Waals surface area contributed by atoms with Crippen LogP contribution in [0.1, 0.15) is 6.92 Å². The van der Waals surface area contributed by atoms with Gasteiger partial charge in [0.1, 0.15) is 5.65 Å². The van der Waals surface area contributed by atoms with Gasteiger partial charge in [-0.1, -0.05) is 0 Å². The molecule has 0 bridgehead atoms. The number of nitrogens with zero attached hydrogens (tertiary/aromatic N) is 2. The van der Waals surface area contributed by atoms with Gasteiger partial charge in [-0.05, 0) is 31.2 Å².